The molecular formula is C22H23F3N4OS. The van der Waals surface area contributed by atoms with Gasteiger partial charge in [0.25, 0.3) is 0 Å². The van der Waals surface area contributed by atoms with Crippen molar-refractivity contribution in [1.29, 1.82) is 0 Å². The molecular weight excluding hydrogens is 425 g/mol. The van der Waals surface area contributed by atoms with Crippen LogP contribution in [0.15, 0.2) is 60.0 Å². The Balaban J connectivity index is 1.58. The van der Waals surface area contributed by atoms with E-state index in [1.807, 2.05) is 24.3 Å². The Morgan fingerprint density at radius 1 is 1.03 bits per heavy atom. The molecule has 31 heavy (non-hydrogen) atoms. The van der Waals surface area contributed by atoms with Crippen LogP contribution in [0.4, 0.5) is 13.2 Å². The Kier molecular flexibility index (Phi) is 7.04. The topological polar surface area (TPSA) is 59.8 Å². The molecule has 0 spiro atoms. The van der Waals surface area contributed by atoms with Crippen LogP contribution in [0.1, 0.15) is 49.4 Å². The first-order chi connectivity index (χ1) is 14.6. The van der Waals surface area contributed by atoms with Gasteiger partial charge in [-0.1, -0.05) is 49.9 Å². The van der Waals surface area contributed by atoms with E-state index in [0.29, 0.717) is 16.6 Å². The number of rotatable bonds is 7. The number of carbonyl (C=O) groups is 1. The van der Waals surface area contributed by atoms with E-state index in [9.17, 15) is 18.0 Å². The zero-order chi connectivity index (χ0) is 22.6. The number of aromatic nitrogens is 3. The van der Waals surface area contributed by atoms with Gasteiger partial charge in [0.1, 0.15) is 6.33 Å². The van der Waals surface area contributed by atoms with Gasteiger partial charge in [-0.3, -0.25) is 9.36 Å². The number of hydrogen-bond donors (Lipinski definition) is 1. The summed E-state index contributed by atoms with van der Waals surface area (Å²) in [5.41, 5.74) is 2.00. The Bertz CT molecular complexity index is 1010. The molecule has 0 saturated heterocycles. The Morgan fingerprint density at radius 2 is 1.65 bits per heavy atom. The highest BCUT2D eigenvalue weighted by Gasteiger charge is 2.30. The number of carbonyl (C=O) groups excluding carboxylic acids is 1. The summed E-state index contributed by atoms with van der Waals surface area (Å²) in [5.74, 6) is 0.287. The average molecular weight is 449 g/mol. The van der Waals surface area contributed by atoms with Crippen LogP contribution in [0.5, 0.6) is 0 Å². The van der Waals surface area contributed by atoms with Gasteiger partial charge in [0, 0.05) is 5.69 Å². The first-order valence-electron chi connectivity index (χ1n) is 9.75. The molecule has 0 radical (unpaired) electrons. The highest BCUT2D eigenvalue weighted by molar-refractivity contribution is 7.99. The van der Waals surface area contributed by atoms with Crippen molar-refractivity contribution in [3.63, 3.8) is 0 Å². The molecule has 164 valence electrons. The second-order valence-corrected chi connectivity index (χ2v) is 8.37. The van der Waals surface area contributed by atoms with Crippen LogP contribution in [0.25, 0.3) is 5.69 Å². The van der Waals surface area contributed by atoms with E-state index in [0.717, 1.165) is 17.8 Å². The molecule has 9 heteroatoms. The van der Waals surface area contributed by atoms with Crippen molar-refractivity contribution in [3.8, 4) is 5.69 Å². The number of benzene rings is 2. The second kappa shape index (κ2) is 9.55. The maximum Gasteiger partial charge on any atom is 0.416 e. The molecule has 5 nitrogen and oxygen atoms in total. The monoisotopic (exact) mass is 448 g/mol. The molecule has 0 saturated carbocycles. The summed E-state index contributed by atoms with van der Waals surface area (Å²) in [4.78, 5) is 12.3. The number of nitrogens with one attached hydrogen (secondary N) is 1. The zero-order valence-corrected chi connectivity index (χ0v) is 18.2. The second-order valence-electron chi connectivity index (χ2n) is 7.43. The van der Waals surface area contributed by atoms with Gasteiger partial charge in [-0.05, 0) is 48.2 Å². The summed E-state index contributed by atoms with van der Waals surface area (Å²) >= 11 is 1.24. The van der Waals surface area contributed by atoms with Crippen molar-refractivity contribution in [3.05, 3.63) is 71.5 Å². The number of nitrogens with zero attached hydrogens (tertiary/aromatic N) is 3. The minimum atomic E-state index is -4.38. The minimum absolute atomic E-state index is 0.105. The molecule has 1 heterocycles. The van der Waals surface area contributed by atoms with Gasteiger partial charge in [0.05, 0.1) is 17.4 Å². The van der Waals surface area contributed by atoms with Crippen molar-refractivity contribution in [2.24, 2.45) is 0 Å². The maximum absolute atomic E-state index is 12.7. The smallest absolute Gasteiger partial charge is 0.349 e. The fourth-order valence-electron chi connectivity index (χ4n) is 2.98. The number of thioether (sulfide) groups is 1. The predicted molar refractivity (Wildman–Crippen MR) is 114 cm³/mol. The Hall–Kier alpha value is -2.81. The molecule has 0 aliphatic carbocycles. The van der Waals surface area contributed by atoms with Gasteiger partial charge >= 0.3 is 6.18 Å². The number of amides is 1. The van der Waals surface area contributed by atoms with E-state index < -0.39 is 17.8 Å². The van der Waals surface area contributed by atoms with Gasteiger partial charge in [-0.15, -0.1) is 10.2 Å². The Morgan fingerprint density at radius 3 is 2.23 bits per heavy atom. The summed E-state index contributed by atoms with van der Waals surface area (Å²) in [6.07, 6.45) is -2.79. The van der Waals surface area contributed by atoms with E-state index in [4.69, 9.17) is 0 Å². The summed E-state index contributed by atoms with van der Waals surface area (Å²) < 4.78 is 39.9. The van der Waals surface area contributed by atoms with Gasteiger partial charge in [-0.25, -0.2) is 0 Å². The molecule has 1 N–H and O–H groups in total. The third kappa shape index (κ3) is 5.88. The fraction of sp³-hybridized carbons (Fsp3) is 0.318. The van der Waals surface area contributed by atoms with Crippen LogP contribution in [0, 0.1) is 0 Å². The highest BCUT2D eigenvalue weighted by Crippen LogP contribution is 2.30. The molecule has 0 aliphatic heterocycles. The molecule has 3 aromatic rings. The van der Waals surface area contributed by atoms with Crippen molar-refractivity contribution in [2.45, 2.75) is 44.1 Å². The average Bonchev–Trinajstić information content (AvgIpc) is 3.20. The predicted octanol–water partition coefficient (Wildman–Crippen LogP) is 5.38. The quantitative estimate of drug-likeness (QED) is 0.493. The molecule has 1 aromatic heterocycles. The lowest BCUT2D eigenvalue weighted by Gasteiger charge is -2.15. The Labute approximate surface area is 183 Å². The van der Waals surface area contributed by atoms with Crippen LogP contribution >= 0.6 is 11.8 Å². The summed E-state index contributed by atoms with van der Waals surface area (Å²) in [6, 6.07) is 12.4. The SMILES string of the molecule is CC(C)c1ccc(-n2cnnc2SCC(=O)NC(C)c2ccc(C(F)(F)F)cc2)cc1. The van der Waals surface area contributed by atoms with E-state index in [1.54, 1.807) is 17.8 Å². The van der Waals surface area contributed by atoms with Gasteiger partial charge < -0.3 is 5.32 Å². The van der Waals surface area contributed by atoms with Crippen LogP contribution in [-0.4, -0.2) is 26.4 Å². The number of hydrogen-bond acceptors (Lipinski definition) is 4. The molecule has 2 aromatic carbocycles. The number of halogens is 3. The van der Waals surface area contributed by atoms with Crippen molar-refractivity contribution in [2.75, 3.05) is 5.75 Å². The van der Waals surface area contributed by atoms with E-state index in [2.05, 4.69) is 29.4 Å². The standard InChI is InChI=1S/C22H23F3N4OS/c1-14(2)16-6-10-19(11-7-16)29-13-26-28-21(29)31-12-20(30)27-15(3)17-4-8-18(9-5-17)22(23,24)25/h4-11,13-15H,12H2,1-3H3,(H,27,30). The first-order valence-corrected chi connectivity index (χ1v) is 10.7. The van der Waals surface area contributed by atoms with Crippen LogP contribution in [-0.2, 0) is 11.0 Å². The molecule has 3 rings (SSSR count). The summed E-state index contributed by atoms with van der Waals surface area (Å²) in [5, 5.41) is 11.4. The first kappa shape index (κ1) is 22.9. The molecule has 0 bridgehead atoms. The molecule has 0 aliphatic rings. The van der Waals surface area contributed by atoms with Crippen LogP contribution < -0.4 is 5.32 Å². The van der Waals surface area contributed by atoms with E-state index >= 15 is 0 Å². The highest BCUT2D eigenvalue weighted by atomic mass is 32.2. The third-order valence-electron chi connectivity index (χ3n) is 4.80. The third-order valence-corrected chi connectivity index (χ3v) is 5.75. The molecule has 1 unspecified atom stereocenters. The van der Waals surface area contributed by atoms with Crippen LogP contribution in [0.3, 0.4) is 0 Å². The minimum Gasteiger partial charge on any atom is -0.349 e. The molecule has 1 amide bonds. The van der Waals surface area contributed by atoms with Gasteiger partial charge in [0.2, 0.25) is 5.91 Å². The van der Waals surface area contributed by atoms with E-state index in [1.165, 1.54) is 29.5 Å². The fourth-order valence-corrected chi connectivity index (χ4v) is 3.72. The van der Waals surface area contributed by atoms with Crippen molar-refractivity contribution < 1.29 is 18.0 Å². The molecule has 0 fully saturated rings. The zero-order valence-electron chi connectivity index (χ0n) is 17.3. The summed E-state index contributed by atoms with van der Waals surface area (Å²) in [6.45, 7) is 5.97. The van der Waals surface area contributed by atoms with Crippen molar-refractivity contribution in [1.82, 2.24) is 20.1 Å². The lowest BCUT2D eigenvalue weighted by atomic mass is 10.0. The summed E-state index contributed by atoms with van der Waals surface area (Å²) in [7, 11) is 0. The maximum atomic E-state index is 12.7. The van der Waals surface area contributed by atoms with Crippen LogP contribution in [0.2, 0.25) is 0 Å². The molecule has 1 atom stereocenters. The normalized spacial score (nSPS) is 12.7. The number of alkyl halides is 3. The largest absolute Gasteiger partial charge is 0.416 e. The van der Waals surface area contributed by atoms with E-state index in [-0.39, 0.29) is 11.7 Å². The van der Waals surface area contributed by atoms with Gasteiger partial charge in [-0.2, -0.15) is 13.2 Å². The van der Waals surface area contributed by atoms with Crippen molar-refractivity contribution >= 4 is 17.7 Å². The van der Waals surface area contributed by atoms with Gasteiger partial charge in [0.15, 0.2) is 5.16 Å². The lowest BCUT2D eigenvalue weighted by molar-refractivity contribution is -0.137. The lowest BCUT2D eigenvalue weighted by Crippen LogP contribution is -2.28.